The van der Waals surface area contributed by atoms with Crippen LogP contribution in [0.3, 0.4) is 0 Å². The summed E-state index contributed by atoms with van der Waals surface area (Å²) in [4.78, 5) is 24.6. The van der Waals surface area contributed by atoms with Gasteiger partial charge in [-0.15, -0.1) is 0 Å². The largest absolute Gasteiger partial charge is 0.353 e. The smallest absolute Gasteiger partial charge is 0.246 e. The average Bonchev–Trinajstić information content (AvgIpc) is 2.44. The number of anilines is 1. The summed E-state index contributed by atoms with van der Waals surface area (Å²) in [7, 11) is 0. The highest BCUT2D eigenvalue weighted by atomic mass is 16.2. The summed E-state index contributed by atoms with van der Waals surface area (Å²) >= 11 is 0. The summed E-state index contributed by atoms with van der Waals surface area (Å²) in [6.07, 6.45) is 1.03. The highest BCUT2D eigenvalue weighted by Gasteiger charge is 2.22. The first kappa shape index (κ1) is 14.5. The van der Waals surface area contributed by atoms with Crippen molar-refractivity contribution in [2.24, 2.45) is 0 Å². The van der Waals surface area contributed by atoms with E-state index < -0.39 is 0 Å². The van der Waals surface area contributed by atoms with Crippen LogP contribution in [0, 0.1) is 0 Å². The van der Waals surface area contributed by atoms with Crippen LogP contribution in [0.5, 0.6) is 0 Å². The van der Waals surface area contributed by atoms with Gasteiger partial charge in [0.05, 0.1) is 13.1 Å². The van der Waals surface area contributed by atoms with Gasteiger partial charge >= 0.3 is 0 Å². The van der Waals surface area contributed by atoms with Crippen LogP contribution in [-0.4, -0.2) is 31.4 Å². The molecule has 0 aliphatic carbocycles. The molecule has 108 valence electrons. The van der Waals surface area contributed by atoms with Gasteiger partial charge in [0.15, 0.2) is 0 Å². The third-order valence-corrected chi connectivity index (χ3v) is 3.47. The number of benzene rings is 1. The predicted molar refractivity (Wildman–Crippen MR) is 78.5 cm³/mol. The molecular weight excluding hydrogens is 254 g/mol. The molecule has 20 heavy (non-hydrogen) atoms. The topological polar surface area (TPSA) is 61.4 Å². The zero-order valence-corrected chi connectivity index (χ0v) is 12.0. The number of piperazine rings is 1. The van der Waals surface area contributed by atoms with E-state index >= 15 is 0 Å². The van der Waals surface area contributed by atoms with Gasteiger partial charge in [-0.3, -0.25) is 14.9 Å². The minimum Gasteiger partial charge on any atom is -0.353 e. The Bertz CT molecular complexity index is 468. The Hall–Kier alpha value is -1.88. The third kappa shape index (κ3) is 3.36. The zero-order valence-electron chi connectivity index (χ0n) is 12.0. The van der Waals surface area contributed by atoms with E-state index in [0.717, 1.165) is 18.7 Å². The van der Waals surface area contributed by atoms with E-state index in [1.807, 2.05) is 12.1 Å². The summed E-state index contributed by atoms with van der Waals surface area (Å²) < 4.78 is 0. The minimum absolute atomic E-state index is 0.232. The molecule has 0 aromatic heterocycles. The second-order valence-corrected chi connectivity index (χ2v) is 4.94. The second-order valence-electron chi connectivity index (χ2n) is 4.94. The lowest BCUT2D eigenvalue weighted by Crippen LogP contribution is -2.51. The fourth-order valence-corrected chi connectivity index (χ4v) is 2.48. The lowest BCUT2D eigenvalue weighted by molar-refractivity contribution is -0.130. The molecule has 5 nitrogen and oxygen atoms in total. The minimum atomic E-state index is -0.246. The maximum atomic E-state index is 11.4. The van der Waals surface area contributed by atoms with Crippen molar-refractivity contribution in [3.05, 3.63) is 29.8 Å². The van der Waals surface area contributed by atoms with E-state index in [4.69, 9.17) is 0 Å². The van der Waals surface area contributed by atoms with Gasteiger partial charge in [0.2, 0.25) is 11.8 Å². The summed E-state index contributed by atoms with van der Waals surface area (Å²) in [6.45, 7) is 5.63. The molecular formula is C15H21N3O2. The Labute approximate surface area is 119 Å². The summed E-state index contributed by atoms with van der Waals surface area (Å²) in [5.41, 5.74) is 2.13. The van der Waals surface area contributed by atoms with Gasteiger partial charge in [0.25, 0.3) is 0 Å². The molecule has 1 heterocycles. The van der Waals surface area contributed by atoms with Crippen molar-refractivity contribution < 1.29 is 9.59 Å². The molecule has 2 rings (SSSR count). The lowest BCUT2D eigenvalue weighted by atomic mass is 10.0. The predicted octanol–water partition coefficient (Wildman–Crippen LogP) is 1.21. The highest BCUT2D eigenvalue weighted by Crippen LogP contribution is 2.21. The van der Waals surface area contributed by atoms with Crippen molar-refractivity contribution in [1.82, 2.24) is 10.6 Å². The van der Waals surface area contributed by atoms with Crippen LogP contribution in [0.15, 0.2) is 24.3 Å². The molecule has 1 aliphatic heterocycles. The van der Waals surface area contributed by atoms with Gasteiger partial charge in [-0.25, -0.2) is 0 Å². The number of carbonyl (C=O) groups excluding carboxylic acids is 2. The number of hydrogen-bond donors (Lipinski definition) is 2. The van der Waals surface area contributed by atoms with Crippen LogP contribution in [0.25, 0.3) is 0 Å². The highest BCUT2D eigenvalue weighted by molar-refractivity contribution is 6.02. The standard InChI is InChI=1S/C15H21N3O2/c1-3-13(16-4-2)11-5-7-12(8-6-11)18-9-14(19)17-15(20)10-18/h5-8,13,16H,3-4,9-10H2,1-2H3,(H,17,19,20). The van der Waals surface area contributed by atoms with Crippen LogP contribution < -0.4 is 15.5 Å². The fraction of sp³-hybridized carbons (Fsp3) is 0.467. The van der Waals surface area contributed by atoms with Crippen LogP contribution >= 0.6 is 0 Å². The Morgan fingerprint density at radius 2 is 1.75 bits per heavy atom. The van der Waals surface area contributed by atoms with Crippen molar-refractivity contribution in [3.8, 4) is 0 Å². The van der Waals surface area contributed by atoms with E-state index in [9.17, 15) is 9.59 Å². The maximum absolute atomic E-state index is 11.4. The fourth-order valence-electron chi connectivity index (χ4n) is 2.48. The summed E-state index contributed by atoms with van der Waals surface area (Å²) in [5, 5.41) is 5.73. The quantitative estimate of drug-likeness (QED) is 0.793. The van der Waals surface area contributed by atoms with Crippen molar-refractivity contribution in [1.29, 1.82) is 0 Å². The molecule has 2 amide bonds. The molecule has 0 spiro atoms. The summed E-state index contributed by atoms with van der Waals surface area (Å²) in [6, 6.07) is 8.41. The Kier molecular flexibility index (Phi) is 4.74. The number of imide groups is 1. The first-order valence-corrected chi connectivity index (χ1v) is 7.05. The number of rotatable bonds is 5. The average molecular weight is 275 g/mol. The van der Waals surface area contributed by atoms with Crippen molar-refractivity contribution >= 4 is 17.5 Å². The number of carbonyl (C=O) groups is 2. The lowest BCUT2D eigenvalue weighted by Gasteiger charge is -2.27. The van der Waals surface area contributed by atoms with E-state index in [1.54, 1.807) is 4.90 Å². The normalized spacial score (nSPS) is 17.0. The molecule has 1 fully saturated rings. The SMILES string of the molecule is CCNC(CC)c1ccc(N2CC(=O)NC(=O)C2)cc1. The monoisotopic (exact) mass is 275 g/mol. The van der Waals surface area contributed by atoms with Gasteiger partial charge in [0, 0.05) is 11.7 Å². The third-order valence-electron chi connectivity index (χ3n) is 3.47. The Morgan fingerprint density at radius 1 is 1.15 bits per heavy atom. The van der Waals surface area contributed by atoms with E-state index in [2.05, 4.69) is 36.6 Å². The van der Waals surface area contributed by atoms with Crippen molar-refractivity contribution in [2.45, 2.75) is 26.3 Å². The number of nitrogens with one attached hydrogen (secondary N) is 2. The van der Waals surface area contributed by atoms with Crippen LogP contribution in [0.1, 0.15) is 31.9 Å². The first-order chi connectivity index (χ1) is 9.63. The Morgan fingerprint density at radius 3 is 2.25 bits per heavy atom. The van der Waals surface area contributed by atoms with E-state index in [1.165, 1.54) is 5.56 Å². The van der Waals surface area contributed by atoms with Crippen molar-refractivity contribution in [3.63, 3.8) is 0 Å². The van der Waals surface area contributed by atoms with Crippen LogP contribution in [0.4, 0.5) is 5.69 Å². The van der Waals surface area contributed by atoms with Crippen molar-refractivity contribution in [2.75, 3.05) is 24.5 Å². The van der Waals surface area contributed by atoms with Crippen LogP contribution in [-0.2, 0) is 9.59 Å². The first-order valence-electron chi connectivity index (χ1n) is 7.05. The molecule has 1 aliphatic rings. The molecule has 1 aromatic carbocycles. The molecule has 1 aromatic rings. The molecule has 1 atom stereocenters. The number of hydrogen-bond acceptors (Lipinski definition) is 4. The molecule has 1 unspecified atom stereocenters. The molecule has 0 radical (unpaired) electrons. The zero-order chi connectivity index (χ0) is 14.5. The molecule has 1 saturated heterocycles. The summed E-state index contributed by atoms with van der Waals surface area (Å²) in [5.74, 6) is -0.492. The number of nitrogens with zero attached hydrogens (tertiary/aromatic N) is 1. The van der Waals surface area contributed by atoms with E-state index in [-0.39, 0.29) is 24.9 Å². The van der Waals surface area contributed by atoms with Gasteiger partial charge in [-0.1, -0.05) is 26.0 Å². The van der Waals surface area contributed by atoms with Crippen LogP contribution in [0.2, 0.25) is 0 Å². The number of amides is 2. The Balaban J connectivity index is 2.11. The van der Waals surface area contributed by atoms with E-state index in [0.29, 0.717) is 6.04 Å². The molecule has 0 saturated carbocycles. The second kappa shape index (κ2) is 6.52. The molecule has 0 bridgehead atoms. The molecule has 2 N–H and O–H groups in total. The van der Waals surface area contributed by atoms with Gasteiger partial charge in [-0.05, 0) is 30.7 Å². The maximum Gasteiger partial charge on any atom is 0.246 e. The van der Waals surface area contributed by atoms with Gasteiger partial charge in [-0.2, -0.15) is 0 Å². The van der Waals surface area contributed by atoms with Gasteiger partial charge < -0.3 is 10.2 Å². The van der Waals surface area contributed by atoms with Gasteiger partial charge in [0.1, 0.15) is 0 Å². The molecule has 5 heteroatoms.